The summed E-state index contributed by atoms with van der Waals surface area (Å²) in [6, 6.07) is 9.54. The largest absolute Gasteiger partial charge is 0.458 e. The van der Waals surface area contributed by atoms with Crippen LogP contribution in [0.15, 0.2) is 42.1 Å². The molecule has 5 heteroatoms. The van der Waals surface area contributed by atoms with Crippen molar-refractivity contribution in [2.45, 2.75) is 19.4 Å². The topological polar surface area (TPSA) is 64.8 Å². The SMILES string of the molecule is NC(=CC(=O)OCc1ccccc1)COCCN1CCCC1. The maximum atomic E-state index is 11.6. The van der Waals surface area contributed by atoms with Crippen LogP contribution >= 0.6 is 0 Å². The molecule has 0 unspecified atom stereocenters. The van der Waals surface area contributed by atoms with Crippen LogP contribution in [0.25, 0.3) is 0 Å². The minimum Gasteiger partial charge on any atom is -0.458 e. The highest BCUT2D eigenvalue weighted by Gasteiger charge is 2.10. The second-order valence-corrected chi connectivity index (χ2v) is 5.41. The van der Waals surface area contributed by atoms with Crippen molar-refractivity contribution in [2.24, 2.45) is 5.73 Å². The molecule has 2 N–H and O–H groups in total. The molecule has 0 spiro atoms. The Bertz CT molecular complexity index is 482. The average Bonchev–Trinajstić information content (AvgIpc) is 3.04. The van der Waals surface area contributed by atoms with Gasteiger partial charge in [0.05, 0.1) is 13.2 Å². The fraction of sp³-hybridized carbons (Fsp3) is 0.471. The first-order valence-corrected chi connectivity index (χ1v) is 7.71. The van der Waals surface area contributed by atoms with Crippen molar-refractivity contribution >= 4 is 5.97 Å². The molecule has 1 aliphatic rings. The molecule has 1 aromatic rings. The van der Waals surface area contributed by atoms with E-state index < -0.39 is 5.97 Å². The summed E-state index contributed by atoms with van der Waals surface area (Å²) in [6.07, 6.45) is 3.84. The van der Waals surface area contributed by atoms with Gasteiger partial charge in [-0.2, -0.15) is 0 Å². The molecule has 0 radical (unpaired) electrons. The Morgan fingerprint density at radius 1 is 1.23 bits per heavy atom. The monoisotopic (exact) mass is 304 g/mol. The van der Waals surface area contributed by atoms with Gasteiger partial charge in [-0.3, -0.25) is 0 Å². The van der Waals surface area contributed by atoms with Gasteiger partial charge in [0.1, 0.15) is 6.61 Å². The number of esters is 1. The van der Waals surface area contributed by atoms with Crippen LogP contribution in [0, 0.1) is 0 Å². The minimum atomic E-state index is -0.440. The lowest BCUT2D eigenvalue weighted by atomic mass is 10.2. The molecule has 1 aliphatic heterocycles. The van der Waals surface area contributed by atoms with Crippen LogP contribution < -0.4 is 5.73 Å². The molecule has 0 bridgehead atoms. The highest BCUT2D eigenvalue weighted by atomic mass is 16.5. The predicted octanol–water partition coefficient (Wildman–Crippen LogP) is 1.68. The van der Waals surface area contributed by atoms with Crippen molar-refractivity contribution in [2.75, 3.05) is 32.8 Å². The zero-order valence-electron chi connectivity index (χ0n) is 12.9. The van der Waals surface area contributed by atoms with Gasteiger partial charge in [-0.05, 0) is 31.5 Å². The summed E-state index contributed by atoms with van der Waals surface area (Å²) in [4.78, 5) is 14.0. The number of nitrogens with zero attached hydrogens (tertiary/aromatic N) is 1. The van der Waals surface area contributed by atoms with Gasteiger partial charge in [-0.15, -0.1) is 0 Å². The Morgan fingerprint density at radius 2 is 1.95 bits per heavy atom. The highest BCUT2D eigenvalue weighted by Crippen LogP contribution is 2.06. The van der Waals surface area contributed by atoms with Crippen molar-refractivity contribution in [3.05, 3.63) is 47.7 Å². The predicted molar refractivity (Wildman–Crippen MR) is 85.0 cm³/mol. The first-order chi connectivity index (χ1) is 10.7. The van der Waals surface area contributed by atoms with Crippen molar-refractivity contribution in [3.63, 3.8) is 0 Å². The molecule has 1 fully saturated rings. The molecule has 120 valence electrons. The quantitative estimate of drug-likeness (QED) is 0.450. The van der Waals surface area contributed by atoms with E-state index in [1.54, 1.807) is 0 Å². The van der Waals surface area contributed by atoms with E-state index in [9.17, 15) is 4.79 Å². The normalized spacial score (nSPS) is 15.9. The number of hydrogen-bond donors (Lipinski definition) is 1. The average molecular weight is 304 g/mol. The lowest BCUT2D eigenvalue weighted by Gasteiger charge is -2.14. The van der Waals surface area contributed by atoms with E-state index >= 15 is 0 Å². The summed E-state index contributed by atoms with van der Waals surface area (Å²) in [5.41, 5.74) is 7.10. The molecule has 1 saturated heterocycles. The molecule has 2 rings (SSSR count). The third kappa shape index (κ3) is 6.28. The van der Waals surface area contributed by atoms with Gasteiger partial charge in [0.15, 0.2) is 0 Å². The summed E-state index contributed by atoms with van der Waals surface area (Å²) in [5, 5.41) is 0. The lowest BCUT2D eigenvalue weighted by Crippen LogP contribution is -2.24. The number of carbonyl (C=O) groups is 1. The number of benzene rings is 1. The van der Waals surface area contributed by atoms with Crippen LogP contribution in [0.4, 0.5) is 0 Å². The fourth-order valence-electron chi connectivity index (χ4n) is 2.35. The number of carbonyl (C=O) groups excluding carboxylic acids is 1. The van der Waals surface area contributed by atoms with Crippen LogP contribution in [0.2, 0.25) is 0 Å². The zero-order valence-corrected chi connectivity index (χ0v) is 12.9. The molecule has 0 saturated carbocycles. The van der Waals surface area contributed by atoms with E-state index in [2.05, 4.69) is 4.90 Å². The first kappa shape index (κ1) is 16.5. The second kappa shape index (κ2) is 9.23. The Morgan fingerprint density at radius 3 is 2.68 bits per heavy atom. The van der Waals surface area contributed by atoms with Crippen molar-refractivity contribution in [1.29, 1.82) is 0 Å². The Balaban J connectivity index is 1.59. The molecule has 22 heavy (non-hydrogen) atoms. The maximum Gasteiger partial charge on any atom is 0.332 e. The Hall–Kier alpha value is -1.85. The zero-order chi connectivity index (χ0) is 15.6. The van der Waals surface area contributed by atoms with E-state index in [4.69, 9.17) is 15.2 Å². The number of hydrogen-bond acceptors (Lipinski definition) is 5. The van der Waals surface area contributed by atoms with E-state index in [1.165, 1.54) is 18.9 Å². The second-order valence-electron chi connectivity index (χ2n) is 5.41. The standard InChI is InChI=1S/C17H24N2O3/c18-16(14-21-11-10-19-8-4-5-9-19)12-17(20)22-13-15-6-2-1-3-7-15/h1-3,6-7,12H,4-5,8-11,13-14,18H2. The summed E-state index contributed by atoms with van der Waals surface area (Å²) in [6.45, 7) is 4.37. The van der Waals surface area contributed by atoms with Gasteiger partial charge in [-0.1, -0.05) is 30.3 Å². The van der Waals surface area contributed by atoms with Gasteiger partial charge in [0.25, 0.3) is 0 Å². The first-order valence-electron chi connectivity index (χ1n) is 7.71. The molecule has 1 aromatic carbocycles. The van der Waals surface area contributed by atoms with Crippen molar-refractivity contribution < 1.29 is 14.3 Å². The van der Waals surface area contributed by atoms with Gasteiger partial charge in [0, 0.05) is 18.3 Å². The summed E-state index contributed by atoms with van der Waals surface area (Å²) < 4.78 is 10.6. The third-order valence-electron chi connectivity index (χ3n) is 3.55. The smallest absolute Gasteiger partial charge is 0.332 e. The molecule has 1 heterocycles. The number of likely N-dealkylation sites (tertiary alicyclic amines) is 1. The summed E-state index contributed by atoms with van der Waals surface area (Å²) >= 11 is 0. The van der Waals surface area contributed by atoms with E-state index in [1.807, 2.05) is 30.3 Å². The molecular formula is C17H24N2O3. The van der Waals surface area contributed by atoms with Crippen LogP contribution in [0.5, 0.6) is 0 Å². The van der Waals surface area contributed by atoms with Crippen LogP contribution in [-0.4, -0.2) is 43.7 Å². The number of ether oxygens (including phenoxy) is 2. The van der Waals surface area contributed by atoms with Gasteiger partial charge >= 0.3 is 5.97 Å². The molecule has 0 amide bonds. The van der Waals surface area contributed by atoms with Gasteiger partial charge in [0.2, 0.25) is 0 Å². The number of rotatable bonds is 8. The fourth-order valence-corrected chi connectivity index (χ4v) is 2.35. The minimum absolute atomic E-state index is 0.249. The van der Waals surface area contributed by atoms with Crippen LogP contribution in [0.1, 0.15) is 18.4 Å². The summed E-state index contributed by atoms with van der Waals surface area (Å²) in [5.74, 6) is -0.440. The number of nitrogens with two attached hydrogens (primary N) is 1. The summed E-state index contributed by atoms with van der Waals surface area (Å²) in [7, 11) is 0. The Labute approximate surface area is 131 Å². The van der Waals surface area contributed by atoms with E-state index in [0.717, 1.165) is 25.2 Å². The molecule has 0 atom stereocenters. The van der Waals surface area contributed by atoms with E-state index in [0.29, 0.717) is 12.3 Å². The van der Waals surface area contributed by atoms with Crippen molar-refractivity contribution in [1.82, 2.24) is 4.90 Å². The highest BCUT2D eigenvalue weighted by molar-refractivity contribution is 5.82. The molecule has 5 nitrogen and oxygen atoms in total. The maximum absolute atomic E-state index is 11.6. The van der Waals surface area contributed by atoms with Crippen molar-refractivity contribution in [3.8, 4) is 0 Å². The molecular weight excluding hydrogens is 280 g/mol. The molecule has 0 aliphatic carbocycles. The Kier molecular flexibility index (Phi) is 6.93. The van der Waals surface area contributed by atoms with E-state index in [-0.39, 0.29) is 13.2 Å². The van der Waals surface area contributed by atoms with Crippen LogP contribution in [0.3, 0.4) is 0 Å². The van der Waals surface area contributed by atoms with Gasteiger partial charge in [-0.25, -0.2) is 4.79 Å². The molecule has 0 aromatic heterocycles. The van der Waals surface area contributed by atoms with Gasteiger partial charge < -0.3 is 20.1 Å². The third-order valence-corrected chi connectivity index (χ3v) is 3.55. The lowest BCUT2D eigenvalue weighted by molar-refractivity contribution is -0.139. The van der Waals surface area contributed by atoms with Crippen LogP contribution in [-0.2, 0) is 20.9 Å².